The van der Waals surface area contributed by atoms with Crippen LogP contribution in [0.2, 0.25) is 0 Å². The Bertz CT molecular complexity index is 406. The van der Waals surface area contributed by atoms with Gasteiger partial charge in [0.25, 0.3) is 0 Å². The van der Waals surface area contributed by atoms with Crippen LogP contribution in [-0.4, -0.2) is 31.0 Å². The van der Waals surface area contributed by atoms with Crippen molar-refractivity contribution in [2.75, 3.05) is 20.1 Å². The lowest BCUT2D eigenvalue weighted by Crippen LogP contribution is -2.35. The molecule has 2 rings (SSSR count). The fourth-order valence-electron chi connectivity index (χ4n) is 1.97. The lowest BCUT2D eigenvalue weighted by Gasteiger charge is -2.27. The van der Waals surface area contributed by atoms with Gasteiger partial charge in [-0.25, -0.2) is 4.39 Å². The second-order valence-corrected chi connectivity index (χ2v) is 4.46. The normalized spacial score (nSPS) is 17.0. The number of esters is 1. The van der Waals surface area contributed by atoms with Gasteiger partial charge in [-0.1, -0.05) is 6.07 Å². The highest BCUT2D eigenvalue weighted by atomic mass is 127. The van der Waals surface area contributed by atoms with Crippen molar-refractivity contribution in [1.82, 2.24) is 4.90 Å². The summed E-state index contributed by atoms with van der Waals surface area (Å²) in [6.45, 7) is 1.81. The Morgan fingerprint density at radius 3 is 2.67 bits per heavy atom. The number of nitrogens with zero attached hydrogens (tertiary/aromatic N) is 1. The Hall–Kier alpha value is -0.690. The lowest BCUT2D eigenvalue weighted by atomic mass is 9.97. The van der Waals surface area contributed by atoms with E-state index in [0.29, 0.717) is 0 Å². The largest absolute Gasteiger partial charge is 0.426 e. The zero-order valence-corrected chi connectivity index (χ0v) is 12.6. The molecule has 1 aliphatic heterocycles. The minimum atomic E-state index is -0.390. The molecule has 1 aromatic rings. The summed E-state index contributed by atoms with van der Waals surface area (Å²) in [5.41, 5.74) is 0. The fourth-order valence-corrected chi connectivity index (χ4v) is 1.97. The van der Waals surface area contributed by atoms with E-state index < -0.39 is 5.82 Å². The van der Waals surface area contributed by atoms with Gasteiger partial charge in [-0.3, -0.25) is 4.79 Å². The van der Waals surface area contributed by atoms with Crippen molar-refractivity contribution in [2.24, 2.45) is 5.92 Å². The van der Waals surface area contributed by atoms with Crippen molar-refractivity contribution < 1.29 is 13.9 Å². The maximum absolute atomic E-state index is 12.9. The average molecular weight is 365 g/mol. The highest BCUT2D eigenvalue weighted by Gasteiger charge is 2.25. The Morgan fingerprint density at radius 1 is 1.39 bits per heavy atom. The predicted octanol–water partition coefficient (Wildman–Crippen LogP) is 2.69. The van der Waals surface area contributed by atoms with E-state index in [0.717, 1.165) is 25.9 Å². The zero-order valence-electron chi connectivity index (χ0n) is 10.3. The maximum atomic E-state index is 12.9. The Morgan fingerprint density at radius 2 is 2.06 bits per heavy atom. The maximum Gasteiger partial charge on any atom is 0.314 e. The van der Waals surface area contributed by atoms with Gasteiger partial charge >= 0.3 is 5.97 Å². The van der Waals surface area contributed by atoms with Crippen LogP contribution in [-0.2, 0) is 4.79 Å². The van der Waals surface area contributed by atoms with Crippen molar-refractivity contribution >= 4 is 29.9 Å². The molecule has 0 aromatic heterocycles. The van der Waals surface area contributed by atoms with Crippen LogP contribution >= 0.6 is 24.0 Å². The summed E-state index contributed by atoms with van der Waals surface area (Å²) in [6, 6.07) is 5.68. The molecule has 5 heteroatoms. The smallest absolute Gasteiger partial charge is 0.314 e. The first-order chi connectivity index (χ1) is 8.15. The van der Waals surface area contributed by atoms with Gasteiger partial charge < -0.3 is 9.64 Å². The molecule has 1 aromatic carbocycles. The van der Waals surface area contributed by atoms with Crippen molar-refractivity contribution in [3.05, 3.63) is 30.1 Å². The third-order valence-electron chi connectivity index (χ3n) is 3.07. The van der Waals surface area contributed by atoms with E-state index in [1.54, 1.807) is 6.07 Å². The minimum Gasteiger partial charge on any atom is -0.426 e. The summed E-state index contributed by atoms with van der Waals surface area (Å²) < 4.78 is 18.1. The quantitative estimate of drug-likeness (QED) is 0.459. The fraction of sp³-hybridized carbons (Fsp3) is 0.462. The number of halogens is 2. The summed E-state index contributed by atoms with van der Waals surface area (Å²) in [4.78, 5) is 14.0. The molecule has 0 atom stereocenters. The first-order valence-electron chi connectivity index (χ1n) is 5.81. The number of benzene rings is 1. The summed E-state index contributed by atoms with van der Waals surface area (Å²) in [7, 11) is 2.04. The van der Waals surface area contributed by atoms with Crippen LogP contribution in [0.3, 0.4) is 0 Å². The molecule has 0 radical (unpaired) electrons. The summed E-state index contributed by atoms with van der Waals surface area (Å²) >= 11 is 0. The van der Waals surface area contributed by atoms with Crippen molar-refractivity contribution in [3.63, 3.8) is 0 Å². The predicted molar refractivity (Wildman–Crippen MR) is 77.7 cm³/mol. The van der Waals surface area contributed by atoms with E-state index in [-0.39, 0.29) is 41.6 Å². The Balaban J connectivity index is 0.00000162. The first-order valence-corrected chi connectivity index (χ1v) is 5.81. The highest BCUT2D eigenvalue weighted by molar-refractivity contribution is 14.0. The van der Waals surface area contributed by atoms with Gasteiger partial charge in [0.1, 0.15) is 11.6 Å². The topological polar surface area (TPSA) is 29.5 Å². The molecule has 0 saturated carbocycles. The molecule has 18 heavy (non-hydrogen) atoms. The molecule has 0 amide bonds. The molecule has 1 fully saturated rings. The number of ether oxygens (including phenoxy) is 1. The zero-order chi connectivity index (χ0) is 12.3. The van der Waals surface area contributed by atoms with E-state index in [9.17, 15) is 9.18 Å². The Labute approximate surface area is 123 Å². The van der Waals surface area contributed by atoms with Crippen molar-refractivity contribution in [3.8, 4) is 5.75 Å². The molecule has 1 saturated heterocycles. The number of carbonyl (C=O) groups excluding carboxylic acids is 1. The third kappa shape index (κ3) is 4.20. The molecule has 0 bridgehead atoms. The Kier molecular flexibility index (Phi) is 6.01. The molecule has 100 valence electrons. The van der Waals surface area contributed by atoms with Crippen LogP contribution in [0.1, 0.15) is 12.8 Å². The van der Waals surface area contributed by atoms with E-state index in [1.165, 1.54) is 18.2 Å². The van der Waals surface area contributed by atoms with Gasteiger partial charge in [0.2, 0.25) is 0 Å². The first kappa shape index (κ1) is 15.4. The van der Waals surface area contributed by atoms with Gasteiger partial charge in [0, 0.05) is 6.07 Å². The highest BCUT2D eigenvalue weighted by Crippen LogP contribution is 2.20. The summed E-state index contributed by atoms with van der Waals surface area (Å²) in [5, 5.41) is 0. The number of carbonyl (C=O) groups is 1. The summed E-state index contributed by atoms with van der Waals surface area (Å²) in [5.74, 6) is -0.411. The second kappa shape index (κ2) is 7.04. The SMILES string of the molecule is CN1CCC(C(=O)Oc2cccc(F)c2)CC1.I. The van der Waals surface area contributed by atoms with Crippen LogP contribution in [0.25, 0.3) is 0 Å². The van der Waals surface area contributed by atoms with Crippen LogP contribution in [0.4, 0.5) is 4.39 Å². The van der Waals surface area contributed by atoms with Crippen LogP contribution in [0, 0.1) is 11.7 Å². The lowest BCUT2D eigenvalue weighted by molar-refractivity contribution is -0.140. The third-order valence-corrected chi connectivity index (χ3v) is 3.07. The van der Waals surface area contributed by atoms with Crippen LogP contribution in [0.5, 0.6) is 5.75 Å². The van der Waals surface area contributed by atoms with Gasteiger partial charge in [-0.05, 0) is 45.1 Å². The van der Waals surface area contributed by atoms with Gasteiger partial charge in [-0.2, -0.15) is 0 Å². The standard InChI is InChI=1S/C13H16FNO2.HI/c1-15-7-5-10(6-8-15)13(16)17-12-4-2-3-11(14)9-12;/h2-4,9-10H,5-8H2,1H3;1H. The van der Waals surface area contributed by atoms with Crippen molar-refractivity contribution in [1.29, 1.82) is 0 Å². The number of rotatable bonds is 2. The molecule has 1 aliphatic rings. The molecule has 0 spiro atoms. The van der Waals surface area contributed by atoms with E-state index in [4.69, 9.17) is 4.74 Å². The molecule has 3 nitrogen and oxygen atoms in total. The number of piperidine rings is 1. The molecule has 0 aliphatic carbocycles. The molecular weight excluding hydrogens is 348 g/mol. The molecule has 0 N–H and O–H groups in total. The van der Waals surface area contributed by atoms with E-state index >= 15 is 0 Å². The van der Waals surface area contributed by atoms with Crippen LogP contribution in [0.15, 0.2) is 24.3 Å². The van der Waals surface area contributed by atoms with Gasteiger partial charge in [0.15, 0.2) is 0 Å². The number of hydrogen-bond donors (Lipinski definition) is 0. The van der Waals surface area contributed by atoms with Crippen LogP contribution < -0.4 is 4.74 Å². The summed E-state index contributed by atoms with van der Waals surface area (Å²) in [6.07, 6.45) is 1.62. The molecule has 0 unspecified atom stereocenters. The van der Waals surface area contributed by atoms with Gasteiger partial charge in [-0.15, -0.1) is 24.0 Å². The molecule has 1 heterocycles. The number of hydrogen-bond acceptors (Lipinski definition) is 3. The van der Waals surface area contributed by atoms with E-state index in [2.05, 4.69) is 4.90 Å². The monoisotopic (exact) mass is 365 g/mol. The second-order valence-electron chi connectivity index (χ2n) is 4.46. The van der Waals surface area contributed by atoms with Gasteiger partial charge in [0.05, 0.1) is 5.92 Å². The van der Waals surface area contributed by atoms with E-state index in [1.807, 2.05) is 7.05 Å². The average Bonchev–Trinajstić information content (AvgIpc) is 2.29. The molecular formula is C13H17FINO2. The minimum absolute atomic E-state index is 0. The number of likely N-dealkylation sites (tertiary alicyclic amines) is 1. The van der Waals surface area contributed by atoms with Crippen molar-refractivity contribution in [2.45, 2.75) is 12.8 Å².